The first-order valence-electron chi connectivity index (χ1n) is 11.2. The SMILES string of the molecule is COc1ccc(N(CC(=O)N/N=C/c2c(O)ccc3ccccc23)S(=O)(=O)c2ccccc2)cc1OC. The third kappa shape index (κ3) is 5.49. The van der Waals surface area contributed by atoms with Crippen molar-refractivity contribution in [1.82, 2.24) is 5.43 Å². The summed E-state index contributed by atoms with van der Waals surface area (Å²) in [6.45, 7) is -0.564. The van der Waals surface area contributed by atoms with Gasteiger partial charge in [-0.15, -0.1) is 0 Å². The molecule has 0 aromatic heterocycles. The maximum atomic E-state index is 13.5. The van der Waals surface area contributed by atoms with Crippen molar-refractivity contribution in [2.45, 2.75) is 4.90 Å². The Bertz CT molecular complexity index is 1560. The second kappa shape index (κ2) is 11.0. The molecule has 0 radical (unpaired) electrons. The highest BCUT2D eigenvalue weighted by Gasteiger charge is 2.28. The van der Waals surface area contributed by atoms with Crippen molar-refractivity contribution in [2.24, 2.45) is 5.10 Å². The number of hydrogen-bond acceptors (Lipinski definition) is 7. The van der Waals surface area contributed by atoms with Crippen LogP contribution in [-0.2, 0) is 14.8 Å². The van der Waals surface area contributed by atoms with Gasteiger partial charge in [-0.1, -0.05) is 48.5 Å². The van der Waals surface area contributed by atoms with E-state index in [0.717, 1.165) is 15.1 Å². The van der Waals surface area contributed by atoms with Crippen LogP contribution >= 0.6 is 0 Å². The second-order valence-corrected chi connectivity index (χ2v) is 9.74. The maximum Gasteiger partial charge on any atom is 0.264 e. The molecule has 4 rings (SSSR count). The van der Waals surface area contributed by atoms with Crippen LogP contribution in [0, 0.1) is 0 Å². The molecular weight excluding hydrogens is 494 g/mol. The lowest BCUT2D eigenvalue weighted by Gasteiger charge is -2.24. The first-order valence-corrected chi connectivity index (χ1v) is 12.6. The van der Waals surface area contributed by atoms with E-state index in [1.165, 1.54) is 50.8 Å². The van der Waals surface area contributed by atoms with Gasteiger partial charge in [0.2, 0.25) is 0 Å². The van der Waals surface area contributed by atoms with Crippen molar-refractivity contribution in [1.29, 1.82) is 0 Å². The number of ether oxygens (including phenoxy) is 2. The van der Waals surface area contributed by atoms with Crippen LogP contribution < -0.4 is 19.2 Å². The minimum Gasteiger partial charge on any atom is -0.507 e. The van der Waals surface area contributed by atoms with Gasteiger partial charge >= 0.3 is 0 Å². The van der Waals surface area contributed by atoms with E-state index >= 15 is 0 Å². The van der Waals surface area contributed by atoms with E-state index in [2.05, 4.69) is 10.5 Å². The number of hydrazone groups is 1. The molecule has 0 unspecified atom stereocenters. The number of sulfonamides is 1. The number of nitrogens with one attached hydrogen (secondary N) is 1. The van der Waals surface area contributed by atoms with Gasteiger partial charge in [0.15, 0.2) is 11.5 Å². The number of anilines is 1. The number of fused-ring (bicyclic) bond motifs is 1. The fraction of sp³-hybridized carbons (Fsp3) is 0.111. The van der Waals surface area contributed by atoms with Crippen molar-refractivity contribution in [3.05, 3.63) is 90.5 Å². The molecule has 1 amide bonds. The van der Waals surface area contributed by atoms with Gasteiger partial charge in [0.05, 0.1) is 31.0 Å². The number of aromatic hydroxyl groups is 1. The normalized spacial score (nSPS) is 11.4. The maximum absolute atomic E-state index is 13.5. The summed E-state index contributed by atoms with van der Waals surface area (Å²) < 4.78 is 38.5. The van der Waals surface area contributed by atoms with E-state index in [0.29, 0.717) is 17.1 Å². The van der Waals surface area contributed by atoms with Gasteiger partial charge in [-0.3, -0.25) is 9.10 Å². The number of hydrogen-bond donors (Lipinski definition) is 2. The molecule has 0 spiro atoms. The van der Waals surface area contributed by atoms with Crippen LogP contribution in [0.2, 0.25) is 0 Å². The van der Waals surface area contributed by atoms with Crippen LogP contribution in [0.1, 0.15) is 5.56 Å². The molecule has 10 heteroatoms. The van der Waals surface area contributed by atoms with Gasteiger partial charge in [0.25, 0.3) is 15.9 Å². The Morgan fingerprint density at radius 3 is 2.38 bits per heavy atom. The monoisotopic (exact) mass is 519 g/mol. The average Bonchev–Trinajstić information content (AvgIpc) is 2.93. The van der Waals surface area contributed by atoms with Crippen molar-refractivity contribution >= 4 is 38.6 Å². The molecule has 0 saturated heterocycles. The molecule has 0 bridgehead atoms. The van der Waals surface area contributed by atoms with Gasteiger partial charge in [-0.25, -0.2) is 13.8 Å². The number of phenolic OH excluding ortho intramolecular Hbond substituents is 1. The number of rotatable bonds is 9. The quantitative estimate of drug-likeness (QED) is 0.256. The van der Waals surface area contributed by atoms with Crippen molar-refractivity contribution in [2.75, 3.05) is 25.1 Å². The fourth-order valence-corrected chi connectivity index (χ4v) is 5.20. The summed E-state index contributed by atoms with van der Waals surface area (Å²) in [5, 5.41) is 15.9. The summed E-state index contributed by atoms with van der Waals surface area (Å²) in [5.41, 5.74) is 2.98. The Morgan fingerprint density at radius 2 is 1.65 bits per heavy atom. The summed E-state index contributed by atoms with van der Waals surface area (Å²) in [5.74, 6) is 0.0194. The van der Waals surface area contributed by atoms with Crippen molar-refractivity contribution in [3.63, 3.8) is 0 Å². The van der Waals surface area contributed by atoms with Crippen LogP contribution in [0.25, 0.3) is 10.8 Å². The summed E-state index contributed by atoms with van der Waals surface area (Å²) >= 11 is 0. The molecule has 4 aromatic carbocycles. The van der Waals surface area contributed by atoms with E-state index in [-0.39, 0.29) is 16.3 Å². The standard InChI is InChI=1S/C27H25N3O6S/c1-35-25-15-13-20(16-26(25)36-2)30(37(33,34)21-9-4-3-5-10-21)18-27(32)29-28-17-23-22-11-7-6-8-19(22)12-14-24(23)31/h3-17,31H,18H2,1-2H3,(H,29,32)/b28-17+. The Labute approximate surface area is 214 Å². The highest BCUT2D eigenvalue weighted by molar-refractivity contribution is 7.92. The van der Waals surface area contributed by atoms with E-state index in [4.69, 9.17) is 9.47 Å². The summed E-state index contributed by atoms with van der Waals surface area (Å²) in [6.07, 6.45) is 1.32. The minimum absolute atomic E-state index is 0.00434. The third-order valence-electron chi connectivity index (χ3n) is 5.60. The van der Waals surface area contributed by atoms with Crippen molar-refractivity contribution < 1.29 is 27.8 Å². The lowest BCUT2D eigenvalue weighted by atomic mass is 10.0. The summed E-state index contributed by atoms with van der Waals surface area (Å²) in [6, 6.07) is 23.1. The van der Waals surface area contributed by atoms with Crippen LogP contribution in [-0.4, -0.2) is 46.4 Å². The number of methoxy groups -OCH3 is 2. The average molecular weight is 520 g/mol. The van der Waals surface area contributed by atoms with Crippen LogP contribution in [0.4, 0.5) is 5.69 Å². The number of phenols is 1. The molecule has 0 saturated carbocycles. The molecule has 4 aromatic rings. The number of carbonyl (C=O) groups is 1. The van der Waals surface area contributed by atoms with E-state index in [9.17, 15) is 18.3 Å². The van der Waals surface area contributed by atoms with Crippen molar-refractivity contribution in [3.8, 4) is 17.2 Å². The van der Waals surface area contributed by atoms with E-state index in [1.807, 2.05) is 24.3 Å². The zero-order chi connectivity index (χ0) is 26.4. The molecule has 9 nitrogen and oxygen atoms in total. The lowest BCUT2D eigenvalue weighted by molar-refractivity contribution is -0.119. The molecule has 37 heavy (non-hydrogen) atoms. The smallest absolute Gasteiger partial charge is 0.264 e. The number of carbonyl (C=O) groups excluding carboxylic acids is 1. The second-order valence-electron chi connectivity index (χ2n) is 7.88. The highest BCUT2D eigenvalue weighted by atomic mass is 32.2. The summed E-state index contributed by atoms with van der Waals surface area (Å²) in [7, 11) is -1.22. The molecule has 190 valence electrons. The minimum atomic E-state index is -4.12. The first kappa shape index (κ1) is 25.5. The predicted octanol–water partition coefficient (Wildman–Crippen LogP) is 3.91. The van der Waals surface area contributed by atoms with Gasteiger partial charge in [0.1, 0.15) is 12.3 Å². The third-order valence-corrected chi connectivity index (χ3v) is 7.39. The van der Waals surface area contributed by atoms with E-state index < -0.39 is 22.5 Å². The lowest BCUT2D eigenvalue weighted by Crippen LogP contribution is -2.39. The van der Waals surface area contributed by atoms with Crippen LogP contribution in [0.3, 0.4) is 0 Å². The predicted molar refractivity (Wildman–Crippen MR) is 142 cm³/mol. The molecule has 0 fully saturated rings. The van der Waals surface area contributed by atoms with Crippen LogP contribution in [0.5, 0.6) is 17.2 Å². The Kier molecular flexibility index (Phi) is 7.59. The molecule has 0 atom stereocenters. The van der Waals surface area contributed by atoms with Crippen LogP contribution in [0.15, 0.2) is 94.9 Å². The molecule has 0 aliphatic carbocycles. The Morgan fingerprint density at radius 1 is 0.946 bits per heavy atom. The molecular formula is C27H25N3O6S. The zero-order valence-electron chi connectivity index (χ0n) is 20.2. The number of nitrogens with zero attached hydrogens (tertiary/aromatic N) is 2. The van der Waals surface area contributed by atoms with Gasteiger partial charge in [-0.2, -0.15) is 5.10 Å². The van der Waals surface area contributed by atoms with E-state index in [1.54, 1.807) is 30.3 Å². The number of amides is 1. The largest absolute Gasteiger partial charge is 0.507 e. The molecule has 0 aliphatic rings. The topological polar surface area (TPSA) is 118 Å². The Balaban J connectivity index is 1.63. The fourth-order valence-electron chi connectivity index (χ4n) is 3.77. The first-order chi connectivity index (χ1) is 17.8. The molecule has 0 aliphatic heterocycles. The van der Waals surface area contributed by atoms with Gasteiger partial charge in [-0.05, 0) is 41.1 Å². The number of benzene rings is 4. The zero-order valence-corrected chi connectivity index (χ0v) is 21.0. The van der Waals surface area contributed by atoms with Gasteiger partial charge in [0, 0.05) is 11.6 Å². The molecule has 2 N–H and O–H groups in total. The molecule has 0 heterocycles. The van der Waals surface area contributed by atoms with Gasteiger partial charge < -0.3 is 14.6 Å². The Hall–Kier alpha value is -4.57. The highest BCUT2D eigenvalue weighted by Crippen LogP contribution is 2.33. The summed E-state index contributed by atoms with van der Waals surface area (Å²) in [4.78, 5) is 12.9.